The molecule has 0 saturated heterocycles. The molecule has 0 saturated carbocycles. The van der Waals surface area contributed by atoms with Crippen molar-refractivity contribution in [1.82, 2.24) is 0 Å². The van der Waals surface area contributed by atoms with Crippen molar-refractivity contribution in [3.63, 3.8) is 0 Å². The third-order valence-corrected chi connectivity index (χ3v) is 3.40. The number of benzene rings is 2. The highest BCUT2D eigenvalue weighted by Crippen LogP contribution is 2.34. The van der Waals surface area contributed by atoms with E-state index in [1.807, 2.05) is 0 Å². The molecule has 3 nitrogen and oxygen atoms in total. The molecule has 0 spiro atoms. The van der Waals surface area contributed by atoms with Crippen LogP contribution in [0.5, 0.6) is 11.5 Å². The molecule has 0 N–H and O–H groups in total. The Morgan fingerprint density at radius 3 is 2.24 bits per heavy atom. The van der Waals surface area contributed by atoms with E-state index < -0.39 is 11.6 Å². The normalized spacial score (nSPS) is 10.3. The van der Waals surface area contributed by atoms with E-state index in [2.05, 4.69) is 0 Å². The molecule has 0 aromatic heterocycles. The Morgan fingerprint density at radius 2 is 1.67 bits per heavy atom. The minimum absolute atomic E-state index is 0.0327. The van der Waals surface area contributed by atoms with E-state index in [0.717, 1.165) is 5.56 Å². The molecule has 21 heavy (non-hydrogen) atoms. The highest BCUT2D eigenvalue weighted by atomic mass is 35.5. The quantitative estimate of drug-likeness (QED) is 0.800. The van der Waals surface area contributed by atoms with Gasteiger partial charge in [-0.05, 0) is 30.7 Å². The summed E-state index contributed by atoms with van der Waals surface area (Å²) >= 11 is 6.09. The second kappa shape index (κ2) is 6.14. The van der Waals surface area contributed by atoms with Crippen LogP contribution < -0.4 is 9.47 Å². The fourth-order valence-corrected chi connectivity index (χ4v) is 2.22. The van der Waals surface area contributed by atoms with E-state index in [-0.39, 0.29) is 16.1 Å². The van der Waals surface area contributed by atoms with E-state index in [0.29, 0.717) is 11.5 Å². The predicted molar refractivity (Wildman–Crippen MR) is 79.1 cm³/mol. The Morgan fingerprint density at radius 1 is 1.05 bits per heavy atom. The summed E-state index contributed by atoms with van der Waals surface area (Å²) in [4.78, 5) is 12.4. The van der Waals surface area contributed by atoms with Crippen molar-refractivity contribution in [3.05, 3.63) is 57.9 Å². The van der Waals surface area contributed by atoms with Crippen LogP contribution in [-0.2, 0) is 0 Å². The number of carbonyl (C=O) groups is 1. The van der Waals surface area contributed by atoms with E-state index in [1.54, 1.807) is 13.0 Å². The lowest BCUT2D eigenvalue weighted by molar-refractivity contribution is 0.103. The van der Waals surface area contributed by atoms with Crippen molar-refractivity contribution in [2.45, 2.75) is 6.92 Å². The molecule has 0 radical (unpaired) electrons. The number of carbonyl (C=O) groups excluding carboxylic acids is 1. The van der Waals surface area contributed by atoms with E-state index >= 15 is 0 Å². The summed E-state index contributed by atoms with van der Waals surface area (Å²) in [5.74, 6) is -0.314. The second-order valence-electron chi connectivity index (χ2n) is 4.50. The summed E-state index contributed by atoms with van der Waals surface area (Å²) in [7, 11) is 2.92. The van der Waals surface area contributed by atoms with E-state index in [4.69, 9.17) is 21.1 Å². The first kappa shape index (κ1) is 15.3. The van der Waals surface area contributed by atoms with Crippen LogP contribution in [0.1, 0.15) is 21.5 Å². The fraction of sp³-hybridized carbons (Fsp3) is 0.188. The summed E-state index contributed by atoms with van der Waals surface area (Å²) in [6.07, 6.45) is 0. The zero-order chi connectivity index (χ0) is 15.6. The molecule has 5 heteroatoms. The van der Waals surface area contributed by atoms with Gasteiger partial charge in [0, 0.05) is 11.6 Å². The Kier molecular flexibility index (Phi) is 4.48. The van der Waals surface area contributed by atoms with Crippen molar-refractivity contribution in [3.8, 4) is 11.5 Å². The van der Waals surface area contributed by atoms with Crippen LogP contribution >= 0.6 is 11.6 Å². The van der Waals surface area contributed by atoms with Crippen LogP contribution in [0.2, 0.25) is 5.02 Å². The summed E-state index contributed by atoms with van der Waals surface area (Å²) in [5.41, 5.74) is 0.870. The lowest BCUT2D eigenvalue weighted by Crippen LogP contribution is -2.06. The molecule has 0 amide bonds. The highest BCUT2D eigenvalue weighted by molar-refractivity contribution is 6.35. The minimum atomic E-state index is -0.578. The number of ketones is 1. The maximum atomic E-state index is 13.9. The molecule has 110 valence electrons. The Labute approximate surface area is 127 Å². The van der Waals surface area contributed by atoms with Crippen LogP contribution in [0.25, 0.3) is 0 Å². The average molecular weight is 309 g/mol. The van der Waals surface area contributed by atoms with Crippen LogP contribution in [0, 0.1) is 12.7 Å². The third kappa shape index (κ3) is 3.00. The molecule has 2 rings (SSSR count). The number of hydrogen-bond acceptors (Lipinski definition) is 3. The zero-order valence-corrected chi connectivity index (χ0v) is 12.6. The Balaban J connectivity index is 2.53. The van der Waals surface area contributed by atoms with Crippen molar-refractivity contribution in [1.29, 1.82) is 0 Å². The topological polar surface area (TPSA) is 35.5 Å². The number of ether oxygens (including phenoxy) is 2. The number of methoxy groups -OCH3 is 2. The smallest absolute Gasteiger partial charge is 0.197 e. The molecule has 0 aliphatic rings. The van der Waals surface area contributed by atoms with Gasteiger partial charge in [0.2, 0.25) is 0 Å². The average Bonchev–Trinajstić information content (AvgIpc) is 2.46. The molecule has 0 atom stereocenters. The van der Waals surface area contributed by atoms with Gasteiger partial charge in [-0.3, -0.25) is 4.79 Å². The first-order valence-corrected chi connectivity index (χ1v) is 6.58. The molecule has 0 aliphatic carbocycles. The minimum Gasteiger partial charge on any atom is -0.493 e. The van der Waals surface area contributed by atoms with Crippen LogP contribution in [0.4, 0.5) is 4.39 Å². The lowest BCUT2D eigenvalue weighted by atomic mass is 10.0. The van der Waals surface area contributed by atoms with Gasteiger partial charge >= 0.3 is 0 Å². The van der Waals surface area contributed by atoms with Gasteiger partial charge in [0.05, 0.1) is 24.8 Å². The predicted octanol–water partition coefficient (Wildman–Crippen LogP) is 4.04. The molecular formula is C16H14ClFO3. The summed E-state index contributed by atoms with van der Waals surface area (Å²) in [6, 6.07) is 7.34. The molecule has 0 aliphatic heterocycles. The molecule has 0 heterocycles. The second-order valence-corrected chi connectivity index (χ2v) is 4.91. The first-order valence-electron chi connectivity index (χ1n) is 6.20. The molecule has 0 unspecified atom stereocenters. The number of aryl methyl sites for hydroxylation is 1. The van der Waals surface area contributed by atoms with Gasteiger partial charge in [-0.1, -0.05) is 17.7 Å². The summed E-state index contributed by atoms with van der Waals surface area (Å²) in [5, 5.41) is 0.178. The Bertz CT molecular complexity index is 698. The maximum absolute atomic E-state index is 13.9. The molecule has 0 fully saturated rings. The molecule has 2 aromatic rings. The van der Waals surface area contributed by atoms with E-state index in [1.165, 1.54) is 38.5 Å². The van der Waals surface area contributed by atoms with Crippen molar-refractivity contribution >= 4 is 17.4 Å². The van der Waals surface area contributed by atoms with Gasteiger partial charge < -0.3 is 9.47 Å². The number of halogens is 2. The third-order valence-electron chi connectivity index (χ3n) is 3.09. The van der Waals surface area contributed by atoms with E-state index in [9.17, 15) is 9.18 Å². The first-order chi connectivity index (χ1) is 9.97. The largest absolute Gasteiger partial charge is 0.493 e. The molecule has 0 bridgehead atoms. The van der Waals surface area contributed by atoms with Crippen LogP contribution in [-0.4, -0.2) is 20.0 Å². The van der Waals surface area contributed by atoms with Gasteiger partial charge in [-0.2, -0.15) is 0 Å². The highest BCUT2D eigenvalue weighted by Gasteiger charge is 2.20. The van der Waals surface area contributed by atoms with Crippen molar-refractivity contribution in [2.75, 3.05) is 14.2 Å². The Hall–Kier alpha value is -2.07. The summed E-state index contributed by atoms with van der Waals surface area (Å²) in [6.45, 7) is 1.75. The monoisotopic (exact) mass is 308 g/mol. The van der Waals surface area contributed by atoms with Gasteiger partial charge in [-0.15, -0.1) is 0 Å². The van der Waals surface area contributed by atoms with Gasteiger partial charge in [0.1, 0.15) is 5.82 Å². The van der Waals surface area contributed by atoms with Crippen molar-refractivity contribution < 1.29 is 18.7 Å². The lowest BCUT2D eigenvalue weighted by Gasteiger charge is -2.11. The standard InChI is InChI=1S/C16H14ClFO3/c1-9-4-5-10(13(18)6-9)16(19)11-7-14(20-2)15(21-3)8-12(11)17/h4-8H,1-3H3. The number of rotatable bonds is 4. The van der Waals surface area contributed by atoms with Crippen molar-refractivity contribution in [2.24, 2.45) is 0 Å². The zero-order valence-electron chi connectivity index (χ0n) is 11.9. The van der Waals surface area contributed by atoms with Gasteiger partial charge in [0.25, 0.3) is 0 Å². The van der Waals surface area contributed by atoms with Gasteiger partial charge in [-0.25, -0.2) is 4.39 Å². The van der Waals surface area contributed by atoms with Crippen LogP contribution in [0.15, 0.2) is 30.3 Å². The maximum Gasteiger partial charge on any atom is 0.197 e. The van der Waals surface area contributed by atoms with Gasteiger partial charge in [0.15, 0.2) is 17.3 Å². The SMILES string of the molecule is COc1cc(Cl)c(C(=O)c2ccc(C)cc2F)cc1OC. The molecular weight excluding hydrogens is 295 g/mol. The van der Waals surface area contributed by atoms with Crippen LogP contribution in [0.3, 0.4) is 0 Å². The summed E-state index contributed by atoms with van der Waals surface area (Å²) < 4.78 is 24.2. The number of hydrogen-bond donors (Lipinski definition) is 0. The molecule has 2 aromatic carbocycles. The fourth-order valence-electron chi connectivity index (χ4n) is 1.98.